The summed E-state index contributed by atoms with van der Waals surface area (Å²) in [6.45, 7) is 5.12. The normalized spacial score (nSPS) is 12.2. The van der Waals surface area contributed by atoms with Crippen LogP contribution in [0, 0.1) is 22.5 Å². The highest BCUT2D eigenvalue weighted by Crippen LogP contribution is 2.29. The Bertz CT molecular complexity index is 610. The van der Waals surface area contributed by atoms with Crippen molar-refractivity contribution in [2.45, 2.75) is 20.8 Å². The Kier molecular flexibility index (Phi) is 4.72. The lowest BCUT2D eigenvalue weighted by Gasteiger charge is -2.23. The van der Waals surface area contributed by atoms with Crippen LogP contribution in [0.25, 0.3) is 0 Å². The Morgan fingerprint density at radius 1 is 1.40 bits per heavy atom. The van der Waals surface area contributed by atoms with Crippen LogP contribution in [0.2, 0.25) is 0 Å². The third-order valence-corrected chi connectivity index (χ3v) is 3.71. The van der Waals surface area contributed by atoms with Gasteiger partial charge in [-0.2, -0.15) is 0 Å². The van der Waals surface area contributed by atoms with Crippen LogP contribution in [-0.4, -0.2) is 25.7 Å². The zero-order chi connectivity index (χ0) is 15.6. The van der Waals surface area contributed by atoms with Gasteiger partial charge in [-0.05, 0) is 18.6 Å². The highest BCUT2D eigenvalue weighted by molar-refractivity contribution is 7.89. The van der Waals surface area contributed by atoms with E-state index in [-0.39, 0.29) is 23.8 Å². The summed E-state index contributed by atoms with van der Waals surface area (Å²) in [7, 11) is -3.63. The quantitative estimate of drug-likeness (QED) is 0.633. The SMILES string of the molecule is Cc1ccc([N+](=O)[O-])c(OCC(C)(C)CS(N)(=O)=O)c1. The summed E-state index contributed by atoms with van der Waals surface area (Å²) in [6, 6.07) is 4.52. The maximum absolute atomic E-state index is 11.1. The number of sulfonamides is 1. The molecule has 0 atom stereocenters. The van der Waals surface area contributed by atoms with Crippen molar-refractivity contribution in [3.63, 3.8) is 0 Å². The number of benzene rings is 1. The summed E-state index contributed by atoms with van der Waals surface area (Å²) in [5.74, 6) is -0.142. The van der Waals surface area contributed by atoms with Crippen LogP contribution in [-0.2, 0) is 10.0 Å². The van der Waals surface area contributed by atoms with Gasteiger partial charge in [-0.25, -0.2) is 13.6 Å². The molecule has 0 radical (unpaired) electrons. The lowest BCUT2D eigenvalue weighted by atomic mass is 9.98. The van der Waals surface area contributed by atoms with Crippen molar-refractivity contribution in [2.75, 3.05) is 12.4 Å². The Labute approximate surface area is 117 Å². The summed E-state index contributed by atoms with van der Waals surface area (Å²) < 4.78 is 27.6. The molecule has 0 aliphatic rings. The molecule has 2 N–H and O–H groups in total. The molecule has 20 heavy (non-hydrogen) atoms. The molecule has 0 amide bonds. The van der Waals surface area contributed by atoms with Crippen molar-refractivity contribution in [3.8, 4) is 5.75 Å². The van der Waals surface area contributed by atoms with Crippen molar-refractivity contribution in [1.29, 1.82) is 0 Å². The molecule has 1 aromatic carbocycles. The van der Waals surface area contributed by atoms with Gasteiger partial charge in [0.15, 0.2) is 5.75 Å². The van der Waals surface area contributed by atoms with Crippen molar-refractivity contribution >= 4 is 15.7 Å². The molecule has 0 fully saturated rings. The number of rotatable bonds is 6. The fraction of sp³-hybridized carbons (Fsp3) is 0.500. The number of primary sulfonamides is 1. The van der Waals surface area contributed by atoms with Gasteiger partial charge in [0.2, 0.25) is 10.0 Å². The lowest BCUT2D eigenvalue weighted by molar-refractivity contribution is -0.386. The first-order valence-electron chi connectivity index (χ1n) is 5.88. The fourth-order valence-corrected chi connectivity index (χ4v) is 2.92. The maximum Gasteiger partial charge on any atom is 0.310 e. The summed E-state index contributed by atoms with van der Waals surface area (Å²) in [4.78, 5) is 10.4. The number of nitro benzene ring substituents is 1. The summed E-state index contributed by atoms with van der Waals surface area (Å²) >= 11 is 0. The van der Waals surface area contributed by atoms with Gasteiger partial charge in [0, 0.05) is 11.5 Å². The molecule has 7 nitrogen and oxygen atoms in total. The molecular weight excluding hydrogens is 284 g/mol. The molecule has 0 aliphatic heterocycles. The van der Waals surface area contributed by atoms with Crippen LogP contribution in [0.3, 0.4) is 0 Å². The highest BCUT2D eigenvalue weighted by atomic mass is 32.2. The molecule has 0 aromatic heterocycles. The van der Waals surface area contributed by atoms with Crippen LogP contribution >= 0.6 is 0 Å². The predicted molar refractivity (Wildman–Crippen MR) is 75.1 cm³/mol. The molecule has 8 heteroatoms. The van der Waals surface area contributed by atoms with E-state index in [1.165, 1.54) is 6.07 Å². The number of nitrogens with zero attached hydrogens (tertiary/aromatic N) is 1. The van der Waals surface area contributed by atoms with E-state index < -0.39 is 20.4 Å². The van der Waals surface area contributed by atoms with E-state index in [1.807, 2.05) is 0 Å². The van der Waals surface area contributed by atoms with E-state index >= 15 is 0 Å². The average molecular weight is 302 g/mol. The van der Waals surface area contributed by atoms with E-state index in [0.29, 0.717) is 0 Å². The van der Waals surface area contributed by atoms with E-state index in [1.54, 1.807) is 32.9 Å². The zero-order valence-electron chi connectivity index (χ0n) is 11.6. The maximum atomic E-state index is 11.1. The van der Waals surface area contributed by atoms with Crippen LogP contribution in [0.4, 0.5) is 5.69 Å². The van der Waals surface area contributed by atoms with Gasteiger partial charge in [-0.15, -0.1) is 0 Å². The standard InChI is InChI=1S/C12H18N2O5S/c1-9-4-5-10(14(15)16)11(6-9)19-7-12(2,3)8-20(13,17)18/h4-6H,7-8H2,1-3H3,(H2,13,17,18). The van der Waals surface area contributed by atoms with Crippen molar-refractivity contribution in [1.82, 2.24) is 0 Å². The van der Waals surface area contributed by atoms with Gasteiger partial charge in [-0.3, -0.25) is 10.1 Å². The first-order chi connectivity index (χ1) is 9.00. The van der Waals surface area contributed by atoms with Crippen LogP contribution in [0.15, 0.2) is 18.2 Å². The van der Waals surface area contributed by atoms with Gasteiger partial charge in [0.1, 0.15) is 0 Å². The second-order valence-corrected chi connectivity index (χ2v) is 7.10. The zero-order valence-corrected chi connectivity index (χ0v) is 12.4. The largest absolute Gasteiger partial charge is 0.486 e. The minimum atomic E-state index is -3.63. The molecule has 0 heterocycles. The molecule has 0 aliphatic carbocycles. The first kappa shape index (κ1) is 16.4. The molecule has 0 saturated carbocycles. The number of hydrogen-bond acceptors (Lipinski definition) is 5. The minimum absolute atomic E-state index is 0.00766. The van der Waals surface area contributed by atoms with Crippen molar-refractivity contribution in [3.05, 3.63) is 33.9 Å². The first-order valence-corrected chi connectivity index (χ1v) is 7.60. The number of nitrogens with two attached hydrogens (primary N) is 1. The number of ether oxygens (including phenoxy) is 1. The third-order valence-electron chi connectivity index (χ3n) is 2.52. The predicted octanol–water partition coefficient (Wildman–Crippen LogP) is 1.60. The van der Waals surface area contributed by atoms with Crippen LogP contribution < -0.4 is 9.88 Å². The van der Waals surface area contributed by atoms with Crippen LogP contribution in [0.1, 0.15) is 19.4 Å². The van der Waals surface area contributed by atoms with E-state index in [0.717, 1.165) is 5.56 Å². The number of nitro groups is 1. The van der Waals surface area contributed by atoms with Gasteiger partial charge in [-0.1, -0.05) is 19.9 Å². The summed E-state index contributed by atoms with van der Waals surface area (Å²) in [6.07, 6.45) is 0. The van der Waals surface area contributed by atoms with E-state index in [4.69, 9.17) is 9.88 Å². The molecule has 1 rings (SSSR count). The number of hydrogen-bond donors (Lipinski definition) is 1. The van der Waals surface area contributed by atoms with Crippen molar-refractivity contribution < 1.29 is 18.1 Å². The Morgan fingerprint density at radius 2 is 2.00 bits per heavy atom. The Morgan fingerprint density at radius 3 is 2.50 bits per heavy atom. The fourth-order valence-electron chi connectivity index (χ4n) is 1.75. The van der Waals surface area contributed by atoms with Crippen molar-refractivity contribution in [2.24, 2.45) is 10.6 Å². The minimum Gasteiger partial charge on any atom is -0.486 e. The monoisotopic (exact) mass is 302 g/mol. The Balaban J connectivity index is 2.89. The van der Waals surface area contributed by atoms with E-state index in [9.17, 15) is 18.5 Å². The molecule has 0 bridgehead atoms. The lowest BCUT2D eigenvalue weighted by Crippen LogP contribution is -2.33. The third kappa shape index (κ3) is 5.14. The van der Waals surface area contributed by atoms with E-state index in [2.05, 4.69) is 0 Å². The van der Waals surface area contributed by atoms with Gasteiger partial charge in [0.25, 0.3) is 0 Å². The van der Waals surface area contributed by atoms with Gasteiger partial charge >= 0.3 is 5.69 Å². The molecule has 0 saturated heterocycles. The summed E-state index contributed by atoms with van der Waals surface area (Å²) in [5, 5.41) is 15.9. The molecule has 0 unspecified atom stereocenters. The smallest absolute Gasteiger partial charge is 0.310 e. The second-order valence-electron chi connectivity index (χ2n) is 5.49. The Hall–Kier alpha value is -1.67. The average Bonchev–Trinajstić information content (AvgIpc) is 2.22. The number of aryl methyl sites for hydroxylation is 1. The van der Waals surface area contributed by atoms with Gasteiger partial charge in [0.05, 0.1) is 17.3 Å². The summed E-state index contributed by atoms with van der Waals surface area (Å²) in [5.41, 5.74) is -0.0811. The topological polar surface area (TPSA) is 113 Å². The second kappa shape index (κ2) is 5.76. The molecule has 1 aromatic rings. The molecule has 0 spiro atoms. The highest BCUT2D eigenvalue weighted by Gasteiger charge is 2.26. The molecule has 112 valence electrons. The molecular formula is C12H18N2O5S. The van der Waals surface area contributed by atoms with Gasteiger partial charge < -0.3 is 4.74 Å². The van der Waals surface area contributed by atoms with Crippen LogP contribution in [0.5, 0.6) is 5.75 Å².